The fourth-order valence-corrected chi connectivity index (χ4v) is 11.8. The summed E-state index contributed by atoms with van der Waals surface area (Å²) in [6, 6.07) is 3.88. The number of nitrogens with one attached hydrogen (secondary N) is 2. The van der Waals surface area contributed by atoms with E-state index in [0.29, 0.717) is 36.3 Å². The second kappa shape index (κ2) is 16.8. The van der Waals surface area contributed by atoms with Crippen LogP contribution >= 0.6 is 0 Å². The first-order chi connectivity index (χ1) is 28.7. The van der Waals surface area contributed by atoms with E-state index in [1.807, 2.05) is 12.1 Å². The normalized spacial score (nSPS) is 29.1. The van der Waals surface area contributed by atoms with Crippen LogP contribution in [0.4, 0.5) is 10.6 Å². The number of carbonyl (C=O) groups is 4. The van der Waals surface area contributed by atoms with Gasteiger partial charge < -0.3 is 34.6 Å². The third kappa shape index (κ3) is 8.56. The van der Waals surface area contributed by atoms with Gasteiger partial charge in [0, 0.05) is 42.9 Å². The number of cyclic esters (lactones) is 1. The fourth-order valence-electron chi connectivity index (χ4n) is 9.95. The van der Waals surface area contributed by atoms with Gasteiger partial charge in [-0.3, -0.25) is 14.4 Å². The summed E-state index contributed by atoms with van der Waals surface area (Å²) >= 11 is 0. The molecule has 8 rings (SSSR count). The highest BCUT2D eigenvalue weighted by molar-refractivity contribution is 8.07. The van der Waals surface area contributed by atoms with Crippen molar-refractivity contribution in [1.29, 1.82) is 0 Å². The lowest BCUT2D eigenvalue weighted by Crippen LogP contribution is -2.58. The summed E-state index contributed by atoms with van der Waals surface area (Å²) in [4.78, 5) is 66.0. The predicted octanol–water partition coefficient (Wildman–Crippen LogP) is 5.78. The van der Waals surface area contributed by atoms with Crippen LogP contribution < -0.4 is 25.0 Å². The number of amides is 3. The molecule has 3 aliphatic heterocycles. The van der Waals surface area contributed by atoms with Crippen LogP contribution in [0, 0.1) is 17.3 Å². The Hall–Kier alpha value is -4.40. The Morgan fingerprint density at radius 3 is 2.43 bits per heavy atom. The third-order valence-electron chi connectivity index (χ3n) is 13.8. The number of ether oxygens (including phenoxy) is 3. The zero-order valence-electron chi connectivity index (χ0n) is 35.3. The van der Waals surface area contributed by atoms with Crippen LogP contribution in [-0.4, -0.2) is 104 Å². The van der Waals surface area contributed by atoms with Gasteiger partial charge in [-0.1, -0.05) is 39.2 Å². The van der Waals surface area contributed by atoms with E-state index in [2.05, 4.69) is 42.0 Å². The van der Waals surface area contributed by atoms with Crippen molar-refractivity contribution in [3.8, 4) is 11.5 Å². The maximum absolute atomic E-state index is 15.1. The smallest absolute Gasteiger partial charge is 0.407 e. The van der Waals surface area contributed by atoms with Crippen molar-refractivity contribution in [3.05, 3.63) is 36.4 Å². The highest BCUT2D eigenvalue weighted by Crippen LogP contribution is 2.49. The maximum atomic E-state index is 15.1. The fraction of sp³-hybridized carbons (Fsp3) is 0.667. The van der Waals surface area contributed by atoms with Crippen LogP contribution in [0.2, 0.25) is 0 Å². The summed E-state index contributed by atoms with van der Waals surface area (Å²) in [5.41, 5.74) is -0.337. The summed E-state index contributed by atoms with van der Waals surface area (Å²) in [5.74, 6) is 0.234. The minimum atomic E-state index is -4.14. The van der Waals surface area contributed by atoms with Gasteiger partial charge in [0.15, 0.2) is 0 Å². The SMILES string of the molecule is C=C[C@@H]1C[C@]1(NC(=O)[C@@H]1C[C@@H]2CN1C(=O)[C@H](C1CCCCC1)NC(=O)OCC(C)(C)CCCc1cc3c(cc(N4CCCCC4)nc3cc1OC)O2)C(=O)S(=O)(=O)C1CC1. The van der Waals surface area contributed by atoms with Crippen LogP contribution in [0.15, 0.2) is 30.9 Å². The second-order valence-corrected chi connectivity index (χ2v) is 21.0. The molecule has 6 aliphatic rings. The van der Waals surface area contributed by atoms with Crippen molar-refractivity contribution in [3.63, 3.8) is 0 Å². The van der Waals surface area contributed by atoms with Crippen LogP contribution in [0.1, 0.15) is 109 Å². The van der Waals surface area contributed by atoms with Gasteiger partial charge in [-0.15, -0.1) is 6.58 Å². The maximum Gasteiger partial charge on any atom is 0.407 e. The van der Waals surface area contributed by atoms with Gasteiger partial charge in [-0.05, 0) is 93.6 Å². The lowest BCUT2D eigenvalue weighted by molar-refractivity contribution is -0.142. The predicted molar refractivity (Wildman–Crippen MR) is 227 cm³/mol. The summed E-state index contributed by atoms with van der Waals surface area (Å²) < 4.78 is 45.3. The van der Waals surface area contributed by atoms with Gasteiger partial charge in [0.25, 0.3) is 5.12 Å². The van der Waals surface area contributed by atoms with Crippen LogP contribution in [0.25, 0.3) is 10.9 Å². The van der Waals surface area contributed by atoms with Crippen molar-refractivity contribution in [1.82, 2.24) is 20.5 Å². The number of sulfone groups is 1. The molecule has 14 nitrogen and oxygen atoms in total. The molecule has 5 fully saturated rings. The molecule has 60 heavy (non-hydrogen) atoms. The molecule has 5 atom stereocenters. The summed E-state index contributed by atoms with van der Waals surface area (Å²) in [6.45, 7) is 9.80. The zero-order chi connectivity index (χ0) is 42.4. The average Bonchev–Trinajstić information content (AvgIpc) is 4.18. The van der Waals surface area contributed by atoms with Gasteiger partial charge in [0.2, 0.25) is 21.7 Å². The number of carbonyl (C=O) groups excluding carboxylic acids is 4. The molecule has 0 unspecified atom stereocenters. The quantitative estimate of drug-likeness (QED) is 0.308. The second-order valence-electron chi connectivity index (χ2n) is 18.8. The highest BCUT2D eigenvalue weighted by Gasteiger charge is 2.65. The lowest BCUT2D eigenvalue weighted by Gasteiger charge is -2.35. The lowest BCUT2D eigenvalue weighted by atomic mass is 9.83. The Morgan fingerprint density at radius 2 is 1.75 bits per heavy atom. The topological polar surface area (TPSA) is 174 Å². The summed E-state index contributed by atoms with van der Waals surface area (Å²) in [6.07, 6.45) is 10.9. The summed E-state index contributed by atoms with van der Waals surface area (Å²) in [7, 11) is -2.49. The van der Waals surface area contributed by atoms with Crippen LogP contribution in [0.5, 0.6) is 11.5 Å². The van der Waals surface area contributed by atoms with Crippen LogP contribution in [-0.2, 0) is 35.4 Å². The van der Waals surface area contributed by atoms with E-state index in [9.17, 15) is 22.8 Å². The van der Waals surface area contributed by atoms with Crippen molar-refractivity contribution in [2.24, 2.45) is 17.3 Å². The number of piperidine rings is 1. The molecule has 2 aromatic rings. The number of anilines is 1. The number of alkyl carbamates (subject to hydrolysis) is 1. The van der Waals surface area contributed by atoms with Crippen molar-refractivity contribution >= 4 is 49.6 Å². The molecule has 0 radical (unpaired) electrons. The molecule has 4 bridgehead atoms. The van der Waals surface area contributed by atoms with E-state index >= 15 is 4.79 Å². The number of methoxy groups -OCH3 is 1. The first-order valence-electron chi connectivity index (χ1n) is 22.1. The molecule has 2 saturated heterocycles. The number of hydrogen-bond donors (Lipinski definition) is 2. The molecule has 2 N–H and O–H groups in total. The van der Waals surface area contributed by atoms with E-state index < -0.39 is 67.8 Å². The standard InChI is InChI=1S/C45H61N5O9S/c1-5-30-25-45(30,42(53)60(55,56)32-16-17-32)48-40(51)35-22-31-26-50(35)41(52)39(28-13-8-6-9-14-28)47-43(54)58-27-44(2,3)18-12-15-29-21-33-34(23-36(29)57-4)46-38(24-37(33)59-31)49-19-10-7-11-20-49/h5,21,23-24,28,30-32,35,39H,1,6-20,22,25-27H2,2-4H3,(H,47,54)(H,48,51)/t30-,31-,35+,39+,45-/m1/s1. The molecule has 4 heterocycles. The molecule has 1 aromatic carbocycles. The molecule has 3 saturated carbocycles. The van der Waals surface area contributed by atoms with Gasteiger partial charge >= 0.3 is 6.09 Å². The summed E-state index contributed by atoms with van der Waals surface area (Å²) in [5, 5.41) is 4.83. The number of benzene rings is 1. The molecule has 0 spiro atoms. The molecular formula is C45H61N5O9S. The first-order valence-corrected chi connectivity index (χ1v) is 23.7. The van der Waals surface area contributed by atoms with Gasteiger partial charge in [-0.25, -0.2) is 18.2 Å². The van der Waals surface area contributed by atoms with E-state index in [-0.39, 0.29) is 37.3 Å². The number of nitrogens with zero attached hydrogens (tertiary/aromatic N) is 3. The largest absolute Gasteiger partial charge is 0.496 e. The Labute approximate surface area is 353 Å². The molecule has 15 heteroatoms. The van der Waals surface area contributed by atoms with Gasteiger partial charge in [-0.2, -0.15) is 0 Å². The first kappa shape index (κ1) is 42.3. The number of fused-ring (bicyclic) bond motifs is 3. The molecule has 3 amide bonds. The minimum Gasteiger partial charge on any atom is -0.496 e. The van der Waals surface area contributed by atoms with Crippen molar-refractivity contribution < 1.29 is 41.8 Å². The number of rotatable bonds is 8. The van der Waals surface area contributed by atoms with Crippen molar-refractivity contribution in [2.75, 3.05) is 38.3 Å². The molecule has 3 aliphatic carbocycles. The Bertz CT molecular complexity index is 2130. The van der Waals surface area contributed by atoms with E-state index in [1.165, 1.54) is 11.0 Å². The molecule has 1 aromatic heterocycles. The van der Waals surface area contributed by atoms with Gasteiger partial charge in [0.1, 0.15) is 41.0 Å². The zero-order valence-corrected chi connectivity index (χ0v) is 36.2. The van der Waals surface area contributed by atoms with Crippen molar-refractivity contribution in [2.45, 2.75) is 139 Å². The number of hydrogen-bond acceptors (Lipinski definition) is 11. The third-order valence-corrected chi connectivity index (χ3v) is 16.0. The Kier molecular flexibility index (Phi) is 11.9. The highest BCUT2D eigenvalue weighted by atomic mass is 32.2. The van der Waals surface area contributed by atoms with E-state index in [1.54, 1.807) is 7.11 Å². The van der Waals surface area contributed by atoms with Gasteiger partial charge in [0.05, 0.1) is 31.0 Å². The van der Waals surface area contributed by atoms with E-state index in [0.717, 1.165) is 94.1 Å². The van der Waals surface area contributed by atoms with E-state index in [4.69, 9.17) is 19.2 Å². The molecular weight excluding hydrogens is 787 g/mol. The Balaban J connectivity index is 1.19. The number of aromatic nitrogens is 1. The minimum absolute atomic E-state index is 0.0159. The number of aryl methyl sites for hydroxylation is 1. The monoisotopic (exact) mass is 847 g/mol. The Morgan fingerprint density at radius 1 is 1.02 bits per heavy atom. The number of pyridine rings is 1. The molecule has 326 valence electrons. The average molecular weight is 848 g/mol. The van der Waals surface area contributed by atoms with Crippen LogP contribution in [0.3, 0.4) is 0 Å².